The minimum atomic E-state index is -0.195. The van der Waals surface area contributed by atoms with E-state index in [2.05, 4.69) is 15.5 Å². The summed E-state index contributed by atoms with van der Waals surface area (Å²) in [6.45, 7) is 2.01. The van der Waals surface area contributed by atoms with Gasteiger partial charge in [0.15, 0.2) is 11.5 Å². The Labute approximate surface area is 111 Å². The summed E-state index contributed by atoms with van der Waals surface area (Å²) in [7, 11) is 0. The summed E-state index contributed by atoms with van der Waals surface area (Å²) >= 11 is 0. The summed E-state index contributed by atoms with van der Waals surface area (Å²) in [5.74, 6) is 0.680. The van der Waals surface area contributed by atoms with Gasteiger partial charge in [0.2, 0.25) is 5.91 Å². The van der Waals surface area contributed by atoms with E-state index in [1.807, 2.05) is 35.7 Å². The van der Waals surface area contributed by atoms with Crippen LogP contribution >= 0.6 is 0 Å². The third-order valence-corrected chi connectivity index (χ3v) is 2.92. The lowest BCUT2D eigenvalue weighted by molar-refractivity contribution is -0.121. The highest BCUT2D eigenvalue weighted by molar-refractivity contribution is 5.76. The van der Waals surface area contributed by atoms with Gasteiger partial charge in [0.05, 0.1) is 6.04 Å². The summed E-state index contributed by atoms with van der Waals surface area (Å²) in [4.78, 5) is 11.7. The first-order valence-electron chi connectivity index (χ1n) is 6.42. The molecule has 0 aromatic carbocycles. The van der Waals surface area contributed by atoms with Crippen molar-refractivity contribution in [1.82, 2.24) is 19.9 Å². The number of carbonyl (C=O) groups is 1. The number of fused-ring (bicyclic) bond motifs is 1. The van der Waals surface area contributed by atoms with E-state index in [-0.39, 0.29) is 18.6 Å². The van der Waals surface area contributed by atoms with Gasteiger partial charge in [-0.25, -0.2) is 0 Å². The summed E-state index contributed by atoms with van der Waals surface area (Å²) in [5.41, 5.74) is 0.763. The molecule has 2 N–H and O–H groups in total. The number of unbranched alkanes of at least 4 members (excludes halogenated alkanes) is 1. The summed E-state index contributed by atoms with van der Waals surface area (Å²) in [6, 6.07) is 5.47. The van der Waals surface area contributed by atoms with E-state index >= 15 is 0 Å². The molecule has 0 saturated heterocycles. The maximum atomic E-state index is 11.7. The summed E-state index contributed by atoms with van der Waals surface area (Å²) in [5, 5.41) is 19.7. The van der Waals surface area contributed by atoms with Gasteiger partial charge in [0.1, 0.15) is 0 Å². The van der Waals surface area contributed by atoms with Crippen LogP contribution in [0.25, 0.3) is 5.65 Å². The Balaban J connectivity index is 1.99. The Morgan fingerprint density at radius 1 is 1.42 bits per heavy atom. The number of pyridine rings is 1. The lowest BCUT2D eigenvalue weighted by Crippen LogP contribution is -2.27. The molecule has 6 heteroatoms. The fourth-order valence-corrected chi connectivity index (χ4v) is 1.93. The van der Waals surface area contributed by atoms with E-state index in [9.17, 15) is 4.79 Å². The molecule has 1 atom stereocenters. The molecule has 0 aliphatic carbocycles. The average Bonchev–Trinajstić information content (AvgIpc) is 2.83. The third-order valence-electron chi connectivity index (χ3n) is 2.92. The number of carbonyl (C=O) groups excluding carboxylic acids is 1. The molecule has 0 aliphatic rings. The molecule has 2 aromatic heterocycles. The van der Waals surface area contributed by atoms with E-state index in [0.717, 1.165) is 5.65 Å². The third kappa shape index (κ3) is 3.29. The van der Waals surface area contributed by atoms with Gasteiger partial charge in [-0.3, -0.25) is 9.20 Å². The molecule has 6 nitrogen and oxygen atoms in total. The molecule has 0 aliphatic heterocycles. The van der Waals surface area contributed by atoms with Crippen LogP contribution in [-0.4, -0.2) is 32.2 Å². The maximum absolute atomic E-state index is 11.7. The molecule has 0 bridgehead atoms. The van der Waals surface area contributed by atoms with E-state index in [1.54, 1.807) is 0 Å². The molecule has 0 fully saturated rings. The second kappa shape index (κ2) is 6.29. The Morgan fingerprint density at radius 2 is 2.26 bits per heavy atom. The molecule has 1 unspecified atom stereocenters. The van der Waals surface area contributed by atoms with Crippen LogP contribution in [0.1, 0.15) is 38.1 Å². The van der Waals surface area contributed by atoms with Gasteiger partial charge in [-0.15, -0.1) is 10.2 Å². The van der Waals surface area contributed by atoms with Gasteiger partial charge in [0, 0.05) is 19.2 Å². The number of aliphatic hydroxyl groups is 1. The fourth-order valence-electron chi connectivity index (χ4n) is 1.93. The number of nitrogens with zero attached hydrogens (tertiary/aromatic N) is 3. The Bertz CT molecular complexity index is 552. The Morgan fingerprint density at radius 3 is 3.05 bits per heavy atom. The monoisotopic (exact) mass is 262 g/mol. The van der Waals surface area contributed by atoms with Gasteiger partial charge in [0.25, 0.3) is 0 Å². The quantitative estimate of drug-likeness (QED) is 0.763. The van der Waals surface area contributed by atoms with Gasteiger partial charge in [-0.1, -0.05) is 6.07 Å². The summed E-state index contributed by atoms with van der Waals surface area (Å²) < 4.78 is 1.86. The van der Waals surface area contributed by atoms with Crippen LogP contribution in [0.3, 0.4) is 0 Å². The molecular weight excluding hydrogens is 244 g/mol. The molecule has 2 rings (SSSR count). The van der Waals surface area contributed by atoms with Crippen LogP contribution in [0.15, 0.2) is 24.4 Å². The van der Waals surface area contributed by atoms with Crippen LogP contribution in [0, 0.1) is 0 Å². The normalized spacial score (nSPS) is 12.5. The molecule has 0 spiro atoms. The largest absolute Gasteiger partial charge is 0.396 e. The van der Waals surface area contributed by atoms with Crippen molar-refractivity contribution in [2.24, 2.45) is 0 Å². The molecule has 0 saturated carbocycles. The Kier molecular flexibility index (Phi) is 4.46. The van der Waals surface area contributed by atoms with E-state index in [0.29, 0.717) is 25.1 Å². The van der Waals surface area contributed by atoms with Crippen LogP contribution in [0.4, 0.5) is 0 Å². The predicted molar refractivity (Wildman–Crippen MR) is 70.5 cm³/mol. The van der Waals surface area contributed by atoms with Crippen LogP contribution < -0.4 is 5.32 Å². The molecule has 1 amide bonds. The number of nitrogens with one attached hydrogen (secondary N) is 1. The SMILES string of the molecule is CC(NC(=O)CCCCO)c1nnc2ccccn12. The molecule has 102 valence electrons. The van der Waals surface area contributed by atoms with Crippen molar-refractivity contribution >= 4 is 11.6 Å². The van der Waals surface area contributed by atoms with Crippen molar-refractivity contribution in [2.75, 3.05) is 6.61 Å². The van der Waals surface area contributed by atoms with E-state index < -0.39 is 0 Å². The van der Waals surface area contributed by atoms with Crippen molar-refractivity contribution in [3.05, 3.63) is 30.2 Å². The first kappa shape index (κ1) is 13.5. The first-order chi connectivity index (χ1) is 9.22. The molecule has 2 heterocycles. The molecule has 2 aromatic rings. The van der Waals surface area contributed by atoms with Crippen LogP contribution in [-0.2, 0) is 4.79 Å². The smallest absolute Gasteiger partial charge is 0.220 e. The Hall–Kier alpha value is -1.95. The van der Waals surface area contributed by atoms with Crippen molar-refractivity contribution in [3.8, 4) is 0 Å². The van der Waals surface area contributed by atoms with Gasteiger partial charge >= 0.3 is 0 Å². The van der Waals surface area contributed by atoms with Crippen molar-refractivity contribution in [1.29, 1.82) is 0 Å². The fraction of sp³-hybridized carbons (Fsp3) is 0.462. The highest BCUT2D eigenvalue weighted by Gasteiger charge is 2.15. The molecule has 19 heavy (non-hydrogen) atoms. The lowest BCUT2D eigenvalue weighted by Gasteiger charge is -2.12. The number of hydrogen-bond acceptors (Lipinski definition) is 4. The predicted octanol–water partition coefficient (Wildman–Crippen LogP) is 1.07. The number of rotatable bonds is 6. The lowest BCUT2D eigenvalue weighted by atomic mass is 10.2. The minimum Gasteiger partial charge on any atom is -0.396 e. The zero-order valence-electron chi connectivity index (χ0n) is 10.9. The standard InChI is InChI=1S/C13H18N4O2/c1-10(14-12(19)7-3-5-9-18)13-16-15-11-6-2-4-8-17(11)13/h2,4,6,8,10,18H,3,5,7,9H2,1H3,(H,14,19). The summed E-state index contributed by atoms with van der Waals surface area (Å²) in [6.07, 6.45) is 3.63. The van der Waals surface area contributed by atoms with Crippen LogP contribution in [0.2, 0.25) is 0 Å². The molecule has 0 radical (unpaired) electrons. The van der Waals surface area contributed by atoms with Crippen LogP contribution in [0.5, 0.6) is 0 Å². The van der Waals surface area contributed by atoms with Crippen molar-refractivity contribution in [3.63, 3.8) is 0 Å². The van der Waals surface area contributed by atoms with Crippen molar-refractivity contribution in [2.45, 2.75) is 32.2 Å². The molecular formula is C13H18N4O2. The topological polar surface area (TPSA) is 79.5 Å². The highest BCUT2D eigenvalue weighted by Crippen LogP contribution is 2.12. The first-order valence-corrected chi connectivity index (χ1v) is 6.42. The number of aliphatic hydroxyl groups excluding tert-OH is 1. The highest BCUT2D eigenvalue weighted by atomic mass is 16.3. The van der Waals surface area contributed by atoms with Crippen molar-refractivity contribution < 1.29 is 9.90 Å². The zero-order valence-corrected chi connectivity index (χ0v) is 10.9. The number of amides is 1. The minimum absolute atomic E-state index is 0.0337. The number of hydrogen-bond donors (Lipinski definition) is 2. The maximum Gasteiger partial charge on any atom is 0.220 e. The van der Waals surface area contributed by atoms with Gasteiger partial charge in [-0.2, -0.15) is 0 Å². The second-order valence-corrected chi connectivity index (χ2v) is 4.46. The second-order valence-electron chi connectivity index (χ2n) is 4.46. The van der Waals surface area contributed by atoms with E-state index in [1.165, 1.54) is 0 Å². The van der Waals surface area contributed by atoms with Gasteiger partial charge in [-0.05, 0) is 31.9 Å². The van der Waals surface area contributed by atoms with E-state index in [4.69, 9.17) is 5.11 Å². The van der Waals surface area contributed by atoms with Gasteiger partial charge < -0.3 is 10.4 Å². The zero-order chi connectivity index (χ0) is 13.7. The average molecular weight is 262 g/mol. The number of aromatic nitrogens is 3.